The number of benzene rings is 2. The maximum Gasteiger partial charge on any atom is 0.241 e. The number of amides is 1. The van der Waals surface area contributed by atoms with Crippen LogP contribution in [0.1, 0.15) is 12.0 Å². The quantitative estimate of drug-likeness (QED) is 0.780. The minimum atomic E-state index is -0.431. The SMILES string of the molecule is Cc1ccc2ccccc2c1NC(=O)C1C[C@@H](O)CN1. The number of aliphatic hydroxyl groups excluding tert-OH is 1. The highest BCUT2D eigenvalue weighted by Crippen LogP contribution is 2.27. The minimum Gasteiger partial charge on any atom is -0.392 e. The van der Waals surface area contributed by atoms with E-state index in [1.165, 1.54) is 0 Å². The van der Waals surface area contributed by atoms with Gasteiger partial charge in [0.05, 0.1) is 17.8 Å². The maximum atomic E-state index is 12.3. The highest BCUT2D eigenvalue weighted by atomic mass is 16.3. The van der Waals surface area contributed by atoms with Crippen molar-refractivity contribution in [1.82, 2.24) is 5.32 Å². The minimum absolute atomic E-state index is 0.0824. The van der Waals surface area contributed by atoms with E-state index >= 15 is 0 Å². The molecule has 1 amide bonds. The molecule has 0 radical (unpaired) electrons. The third-order valence-corrected chi connectivity index (χ3v) is 3.81. The third kappa shape index (κ3) is 2.40. The Hall–Kier alpha value is -1.91. The van der Waals surface area contributed by atoms with Crippen LogP contribution in [0, 0.1) is 6.92 Å². The Morgan fingerprint density at radius 3 is 2.85 bits per heavy atom. The number of hydrogen-bond donors (Lipinski definition) is 3. The highest BCUT2D eigenvalue weighted by Gasteiger charge is 2.28. The Kier molecular flexibility index (Phi) is 3.42. The number of β-amino-alcohol motifs (C(OH)–C–C–N with tert-alkyl or cyclic N) is 1. The second-order valence-corrected chi connectivity index (χ2v) is 5.32. The lowest BCUT2D eigenvalue weighted by Gasteiger charge is -2.15. The van der Waals surface area contributed by atoms with Crippen LogP contribution < -0.4 is 10.6 Å². The predicted octanol–water partition coefficient (Wildman–Crippen LogP) is 1.81. The second-order valence-electron chi connectivity index (χ2n) is 5.32. The number of rotatable bonds is 2. The molecule has 1 saturated heterocycles. The number of carbonyl (C=O) groups is 1. The number of aryl methyl sites for hydroxylation is 1. The fraction of sp³-hybridized carbons (Fsp3) is 0.312. The average molecular weight is 270 g/mol. The summed E-state index contributed by atoms with van der Waals surface area (Å²) in [7, 11) is 0. The highest BCUT2D eigenvalue weighted by molar-refractivity contribution is 6.05. The van der Waals surface area contributed by atoms with Crippen molar-refractivity contribution in [2.75, 3.05) is 11.9 Å². The van der Waals surface area contributed by atoms with E-state index in [1.807, 2.05) is 37.3 Å². The van der Waals surface area contributed by atoms with Gasteiger partial charge in [-0.2, -0.15) is 0 Å². The molecule has 0 spiro atoms. The summed E-state index contributed by atoms with van der Waals surface area (Å²) in [5.74, 6) is -0.0824. The second kappa shape index (κ2) is 5.23. The van der Waals surface area contributed by atoms with E-state index in [4.69, 9.17) is 0 Å². The maximum absolute atomic E-state index is 12.3. The molecule has 0 saturated carbocycles. The lowest BCUT2D eigenvalue weighted by molar-refractivity contribution is -0.117. The fourth-order valence-corrected chi connectivity index (χ4v) is 2.67. The monoisotopic (exact) mass is 270 g/mol. The number of nitrogens with one attached hydrogen (secondary N) is 2. The van der Waals surface area contributed by atoms with E-state index in [0.29, 0.717) is 13.0 Å². The van der Waals surface area contributed by atoms with Crippen molar-refractivity contribution in [3.05, 3.63) is 42.0 Å². The molecule has 4 heteroatoms. The number of aliphatic hydroxyl groups is 1. The van der Waals surface area contributed by atoms with Crippen LogP contribution in [0.4, 0.5) is 5.69 Å². The lowest BCUT2D eigenvalue weighted by atomic mass is 10.0. The van der Waals surface area contributed by atoms with Gasteiger partial charge >= 0.3 is 0 Å². The van der Waals surface area contributed by atoms with Crippen LogP contribution >= 0.6 is 0 Å². The van der Waals surface area contributed by atoms with Gasteiger partial charge in [-0.25, -0.2) is 0 Å². The van der Waals surface area contributed by atoms with Crippen LogP contribution in [0.25, 0.3) is 10.8 Å². The first-order valence-corrected chi connectivity index (χ1v) is 6.86. The molecule has 1 unspecified atom stereocenters. The summed E-state index contributed by atoms with van der Waals surface area (Å²) in [6.07, 6.45) is 0.0368. The van der Waals surface area contributed by atoms with Gasteiger partial charge < -0.3 is 15.7 Å². The summed E-state index contributed by atoms with van der Waals surface area (Å²) in [4.78, 5) is 12.3. The van der Waals surface area contributed by atoms with E-state index in [-0.39, 0.29) is 11.9 Å². The fourth-order valence-electron chi connectivity index (χ4n) is 2.67. The van der Waals surface area contributed by atoms with Gasteiger partial charge in [-0.05, 0) is 24.3 Å². The normalized spacial score (nSPS) is 22.1. The van der Waals surface area contributed by atoms with E-state index in [0.717, 1.165) is 22.0 Å². The molecule has 1 aliphatic heterocycles. The number of carbonyl (C=O) groups excluding carboxylic acids is 1. The van der Waals surface area contributed by atoms with Crippen LogP contribution in [0.2, 0.25) is 0 Å². The van der Waals surface area contributed by atoms with Crippen LogP contribution in [0.5, 0.6) is 0 Å². The summed E-state index contributed by atoms with van der Waals surface area (Å²) in [6.45, 7) is 2.46. The Balaban J connectivity index is 1.90. The van der Waals surface area contributed by atoms with Gasteiger partial charge in [0.25, 0.3) is 0 Å². The first-order chi connectivity index (χ1) is 9.65. The largest absolute Gasteiger partial charge is 0.392 e. The molecule has 2 aromatic carbocycles. The Morgan fingerprint density at radius 1 is 1.30 bits per heavy atom. The molecule has 3 rings (SSSR count). The Bertz CT molecular complexity index is 654. The molecule has 0 aromatic heterocycles. The van der Waals surface area contributed by atoms with Gasteiger partial charge in [0, 0.05) is 11.9 Å². The molecule has 0 aliphatic carbocycles. The molecule has 2 aromatic rings. The smallest absolute Gasteiger partial charge is 0.241 e. The van der Waals surface area contributed by atoms with Crippen LogP contribution in [0.15, 0.2) is 36.4 Å². The van der Waals surface area contributed by atoms with Gasteiger partial charge in [-0.3, -0.25) is 4.79 Å². The van der Waals surface area contributed by atoms with Gasteiger partial charge in [0.15, 0.2) is 0 Å². The molecule has 20 heavy (non-hydrogen) atoms. The van der Waals surface area contributed by atoms with E-state index < -0.39 is 6.10 Å². The zero-order chi connectivity index (χ0) is 14.1. The van der Waals surface area contributed by atoms with E-state index in [2.05, 4.69) is 16.7 Å². The number of fused-ring (bicyclic) bond motifs is 1. The third-order valence-electron chi connectivity index (χ3n) is 3.81. The molecule has 104 valence electrons. The molecular weight excluding hydrogens is 252 g/mol. The first-order valence-electron chi connectivity index (χ1n) is 6.86. The molecular formula is C16H18N2O2. The predicted molar refractivity (Wildman–Crippen MR) is 79.7 cm³/mol. The molecule has 1 heterocycles. The van der Waals surface area contributed by atoms with Gasteiger partial charge in [0.1, 0.15) is 0 Å². The van der Waals surface area contributed by atoms with Crippen LogP contribution in [-0.2, 0) is 4.79 Å². The first kappa shape index (κ1) is 13.1. The Labute approximate surface area is 117 Å². The number of hydrogen-bond acceptors (Lipinski definition) is 3. The zero-order valence-corrected chi connectivity index (χ0v) is 11.4. The standard InChI is InChI=1S/C16H18N2O2/c1-10-6-7-11-4-2-3-5-13(11)15(10)18-16(20)14-8-12(19)9-17-14/h2-7,12,14,17,19H,8-9H2,1H3,(H,18,20)/t12-,14?/m1/s1. The molecule has 3 N–H and O–H groups in total. The summed E-state index contributed by atoms with van der Waals surface area (Å²) >= 11 is 0. The lowest BCUT2D eigenvalue weighted by Crippen LogP contribution is -2.35. The molecule has 1 fully saturated rings. The van der Waals surface area contributed by atoms with Gasteiger partial charge in [-0.1, -0.05) is 36.4 Å². The van der Waals surface area contributed by atoms with Crippen LogP contribution in [-0.4, -0.2) is 29.7 Å². The van der Waals surface area contributed by atoms with Crippen molar-refractivity contribution in [1.29, 1.82) is 0 Å². The summed E-state index contributed by atoms with van der Waals surface area (Å²) in [5.41, 5.74) is 1.90. The van der Waals surface area contributed by atoms with Gasteiger partial charge in [-0.15, -0.1) is 0 Å². The molecule has 1 aliphatic rings. The van der Waals surface area contributed by atoms with E-state index in [9.17, 15) is 9.90 Å². The summed E-state index contributed by atoms with van der Waals surface area (Å²) in [5, 5.41) is 17.7. The van der Waals surface area contributed by atoms with Crippen molar-refractivity contribution in [2.45, 2.75) is 25.5 Å². The van der Waals surface area contributed by atoms with Gasteiger partial charge in [0.2, 0.25) is 5.91 Å². The van der Waals surface area contributed by atoms with Crippen LogP contribution in [0.3, 0.4) is 0 Å². The van der Waals surface area contributed by atoms with Crippen molar-refractivity contribution in [3.63, 3.8) is 0 Å². The summed E-state index contributed by atoms with van der Waals surface area (Å²) < 4.78 is 0. The topological polar surface area (TPSA) is 61.4 Å². The summed E-state index contributed by atoms with van der Waals surface area (Å²) in [6, 6.07) is 11.7. The molecule has 2 atom stereocenters. The molecule has 4 nitrogen and oxygen atoms in total. The van der Waals surface area contributed by atoms with Crippen molar-refractivity contribution < 1.29 is 9.90 Å². The zero-order valence-electron chi connectivity index (χ0n) is 11.4. The van der Waals surface area contributed by atoms with Crippen molar-refractivity contribution >= 4 is 22.4 Å². The Morgan fingerprint density at radius 2 is 2.10 bits per heavy atom. The van der Waals surface area contributed by atoms with Crippen molar-refractivity contribution in [2.24, 2.45) is 0 Å². The average Bonchev–Trinajstić information content (AvgIpc) is 2.89. The van der Waals surface area contributed by atoms with Crippen molar-refractivity contribution in [3.8, 4) is 0 Å². The number of anilines is 1. The molecule has 0 bridgehead atoms. The van der Waals surface area contributed by atoms with E-state index in [1.54, 1.807) is 0 Å².